The number of nitrogens with zero attached hydrogens (tertiary/aromatic N) is 3. The molecule has 354 valence electrons. The Labute approximate surface area is 365 Å². The van der Waals surface area contributed by atoms with Crippen LogP contribution in [0.25, 0.3) is 11.0 Å². The van der Waals surface area contributed by atoms with Crippen molar-refractivity contribution in [2.24, 2.45) is 17.8 Å². The second kappa shape index (κ2) is 17.8. The molecule has 2 aliphatic heterocycles. The molecule has 1 aromatic heterocycles. The fourth-order valence-corrected chi connectivity index (χ4v) is 9.25. The van der Waals surface area contributed by atoms with E-state index in [-0.39, 0.29) is 48.8 Å². The maximum Gasteiger partial charge on any atom is 0.438 e. The van der Waals surface area contributed by atoms with E-state index in [4.69, 9.17) is 18.9 Å². The molecular weight excluding hydrogens is 883 g/mol. The molecule has 0 spiro atoms. The first-order chi connectivity index (χ1) is 29.7. The van der Waals surface area contributed by atoms with Gasteiger partial charge >= 0.3 is 18.4 Å². The number of hydrogen-bond acceptors (Lipinski definition) is 12. The molecule has 2 saturated carbocycles. The van der Waals surface area contributed by atoms with Crippen LogP contribution in [0.2, 0.25) is 0 Å². The van der Waals surface area contributed by atoms with Crippen LogP contribution in [0.3, 0.4) is 0 Å². The van der Waals surface area contributed by atoms with Crippen molar-refractivity contribution in [2.75, 3.05) is 26.9 Å². The molecule has 1 aromatic carbocycles. The highest BCUT2D eigenvalue weighted by Gasteiger charge is 2.63. The average molecular weight is 935 g/mol. The molecule has 2 aromatic rings. The molecule has 0 bridgehead atoms. The average Bonchev–Trinajstić information content (AvgIpc) is 4.07. The van der Waals surface area contributed by atoms with Gasteiger partial charge in [-0.3, -0.25) is 19.1 Å². The molecule has 1 saturated heterocycles. The van der Waals surface area contributed by atoms with Crippen molar-refractivity contribution in [3.8, 4) is 11.6 Å². The van der Waals surface area contributed by atoms with E-state index in [0.717, 1.165) is 4.90 Å². The molecule has 4 aliphatic rings. The molecule has 3 N–H and O–H groups in total. The number of nitrogens with one attached hydrogen (secondary N) is 3. The maximum absolute atomic E-state index is 15.0. The smallest absolute Gasteiger partial charge is 0.438 e. The van der Waals surface area contributed by atoms with Crippen LogP contribution in [0, 0.1) is 17.8 Å². The summed E-state index contributed by atoms with van der Waals surface area (Å²) in [6.45, 7) is 5.55. The second-order valence-corrected chi connectivity index (χ2v) is 19.9. The predicted molar refractivity (Wildman–Crippen MR) is 215 cm³/mol. The Kier molecular flexibility index (Phi) is 13.5. The molecule has 4 amide bonds. The number of halogens is 6. The van der Waals surface area contributed by atoms with Crippen molar-refractivity contribution in [3.63, 3.8) is 0 Å². The van der Waals surface area contributed by atoms with Gasteiger partial charge in [-0.15, -0.1) is 0 Å². The van der Waals surface area contributed by atoms with Crippen LogP contribution in [-0.4, -0.2) is 114 Å². The Bertz CT molecular complexity index is 2270. The normalized spacial score (nSPS) is 28.1. The SMILES string of the molecule is CCOc1ccc2nc(C(F)(F)F)c(O[C@@H]3C[C@H]4C(=O)N[C@]5(C(=O)NS(=O)(=O)C6(C)CC6)C[C@H]5/C=C\CC[C@@H](C)C[C@@H](COC)[C@H](NC(=O)OC(C)(C)C(F)(F)F)C(=O)N4C3)nc2c1. The van der Waals surface area contributed by atoms with E-state index in [1.54, 1.807) is 19.1 Å². The lowest BCUT2D eigenvalue weighted by Crippen LogP contribution is -2.60. The number of alkyl carbamates (subject to hydrolysis) is 1. The van der Waals surface area contributed by atoms with Gasteiger partial charge in [-0.2, -0.15) is 26.3 Å². The number of carbonyl (C=O) groups is 4. The number of alkyl halides is 6. The van der Waals surface area contributed by atoms with Gasteiger partial charge in [-0.1, -0.05) is 19.1 Å². The van der Waals surface area contributed by atoms with Crippen molar-refractivity contribution < 1.29 is 72.9 Å². The first-order valence-corrected chi connectivity index (χ1v) is 22.3. The molecule has 2 aliphatic carbocycles. The van der Waals surface area contributed by atoms with Gasteiger partial charge in [0.05, 0.1) is 35.5 Å². The van der Waals surface area contributed by atoms with Crippen LogP contribution in [0.1, 0.15) is 85.3 Å². The quantitative estimate of drug-likeness (QED) is 0.193. The van der Waals surface area contributed by atoms with Gasteiger partial charge in [0.2, 0.25) is 39.0 Å². The molecule has 0 radical (unpaired) electrons. The van der Waals surface area contributed by atoms with Gasteiger partial charge in [-0.05, 0) is 84.3 Å². The highest BCUT2D eigenvalue weighted by Crippen LogP contribution is 2.48. The number of amides is 4. The lowest BCUT2D eigenvalue weighted by atomic mass is 9.87. The van der Waals surface area contributed by atoms with E-state index in [1.807, 2.05) is 6.92 Å². The number of hydrogen-bond donors (Lipinski definition) is 3. The van der Waals surface area contributed by atoms with E-state index < -0.39 is 117 Å². The summed E-state index contributed by atoms with van der Waals surface area (Å²) in [4.78, 5) is 65.6. The zero-order valence-corrected chi connectivity index (χ0v) is 36.8. The Morgan fingerprint density at radius 1 is 1.05 bits per heavy atom. The zero-order chi connectivity index (χ0) is 47.2. The summed E-state index contributed by atoms with van der Waals surface area (Å²) in [7, 11) is -2.91. The number of carbonyl (C=O) groups excluding carboxylic acids is 4. The third kappa shape index (κ3) is 10.3. The van der Waals surface area contributed by atoms with E-state index in [1.165, 1.54) is 32.2 Å². The lowest BCUT2D eigenvalue weighted by Gasteiger charge is -2.35. The van der Waals surface area contributed by atoms with E-state index in [2.05, 4.69) is 25.3 Å². The number of methoxy groups -OCH3 is 1. The number of rotatable bonds is 11. The number of aromatic nitrogens is 2. The molecule has 64 heavy (non-hydrogen) atoms. The number of benzene rings is 1. The van der Waals surface area contributed by atoms with Crippen LogP contribution < -0.4 is 24.8 Å². The van der Waals surface area contributed by atoms with E-state index >= 15 is 0 Å². The molecule has 6 rings (SSSR count). The van der Waals surface area contributed by atoms with Gasteiger partial charge in [0.25, 0.3) is 5.91 Å². The minimum absolute atomic E-state index is 0.0459. The first-order valence-electron chi connectivity index (χ1n) is 20.8. The summed E-state index contributed by atoms with van der Waals surface area (Å²) in [6.07, 6.45) is -8.76. The third-order valence-electron chi connectivity index (χ3n) is 12.2. The fraction of sp³-hybridized carbons (Fsp3) is 0.659. The van der Waals surface area contributed by atoms with Crippen LogP contribution in [0.5, 0.6) is 11.6 Å². The molecule has 3 fully saturated rings. The fourth-order valence-electron chi connectivity index (χ4n) is 7.94. The van der Waals surface area contributed by atoms with Crippen molar-refractivity contribution in [2.45, 2.75) is 126 Å². The summed E-state index contributed by atoms with van der Waals surface area (Å²) < 4.78 is 134. The minimum Gasteiger partial charge on any atom is -0.494 e. The summed E-state index contributed by atoms with van der Waals surface area (Å²) in [6, 6.07) is 0.609. The van der Waals surface area contributed by atoms with Crippen molar-refractivity contribution >= 4 is 44.9 Å². The summed E-state index contributed by atoms with van der Waals surface area (Å²) in [5.41, 5.74) is -6.58. The Balaban J connectivity index is 1.42. The Hall–Kier alpha value is -4.93. The van der Waals surface area contributed by atoms with Crippen molar-refractivity contribution in [3.05, 3.63) is 36.0 Å². The maximum atomic E-state index is 15.0. The number of fused-ring (bicyclic) bond motifs is 3. The molecular formula is C41H52F6N6O10S. The van der Waals surface area contributed by atoms with Gasteiger partial charge in [0.15, 0.2) is 0 Å². The summed E-state index contributed by atoms with van der Waals surface area (Å²) in [5, 5.41) is 4.89. The standard InChI is InChI=1S/C41H52F6N6O10S/c1-7-61-25-12-13-27-28(17-25)49-33(31(48-27)40(42,43)44)62-26-18-29-32(54)51-39(35(56)52-64(58,59)38(5)14-15-38)19-24(39)11-9-8-10-22(2)16-23(21-60-6)30(34(55)53(29)20-26)50-36(57)63-37(3,4)41(45,46)47/h9,11-13,17,22-24,26,29-30H,7-8,10,14-16,18-21H2,1-6H3,(H,50,57)(H,51,54)(H,52,56)/b11-9-/t22-,23+,24-,26-,29+,30+,39-/m1/s1. The molecule has 16 nitrogen and oxygen atoms in total. The van der Waals surface area contributed by atoms with Gasteiger partial charge in [0.1, 0.15) is 29.5 Å². The van der Waals surface area contributed by atoms with Gasteiger partial charge in [-0.25, -0.2) is 23.2 Å². The lowest BCUT2D eigenvalue weighted by molar-refractivity contribution is -0.244. The van der Waals surface area contributed by atoms with Gasteiger partial charge in [0, 0.05) is 31.4 Å². The molecule has 0 unspecified atom stereocenters. The third-order valence-corrected chi connectivity index (χ3v) is 14.4. The zero-order valence-electron chi connectivity index (χ0n) is 36.0. The highest BCUT2D eigenvalue weighted by molar-refractivity contribution is 7.91. The summed E-state index contributed by atoms with van der Waals surface area (Å²) in [5.74, 6) is -5.77. The van der Waals surface area contributed by atoms with Gasteiger partial charge < -0.3 is 34.5 Å². The van der Waals surface area contributed by atoms with Crippen LogP contribution in [-0.2, 0) is 40.1 Å². The van der Waals surface area contributed by atoms with Crippen LogP contribution >= 0.6 is 0 Å². The van der Waals surface area contributed by atoms with Crippen molar-refractivity contribution in [1.82, 2.24) is 30.2 Å². The van der Waals surface area contributed by atoms with Crippen molar-refractivity contribution in [1.29, 1.82) is 0 Å². The number of allylic oxidation sites excluding steroid dienone is 1. The minimum atomic E-state index is -5.11. The molecule has 7 atom stereocenters. The first kappa shape index (κ1) is 48.5. The predicted octanol–water partition coefficient (Wildman–Crippen LogP) is 5.34. The number of sulfonamides is 1. The van der Waals surface area contributed by atoms with Crippen LogP contribution in [0.15, 0.2) is 30.4 Å². The Morgan fingerprint density at radius 3 is 2.38 bits per heavy atom. The second-order valence-electron chi connectivity index (χ2n) is 17.7. The molecule has 23 heteroatoms. The topological polar surface area (TPSA) is 204 Å². The molecule has 3 heterocycles. The van der Waals surface area contributed by atoms with E-state index in [9.17, 15) is 53.9 Å². The van der Waals surface area contributed by atoms with Crippen LogP contribution in [0.4, 0.5) is 31.1 Å². The Morgan fingerprint density at radius 2 is 1.75 bits per heavy atom. The van der Waals surface area contributed by atoms with E-state index in [0.29, 0.717) is 39.5 Å². The number of ether oxygens (including phenoxy) is 4. The summed E-state index contributed by atoms with van der Waals surface area (Å²) >= 11 is 0. The largest absolute Gasteiger partial charge is 0.494 e. The highest BCUT2D eigenvalue weighted by atomic mass is 32.2. The monoisotopic (exact) mass is 934 g/mol.